The van der Waals surface area contributed by atoms with Crippen LogP contribution in [0.25, 0.3) is 0 Å². The Labute approximate surface area is 153 Å². The Morgan fingerprint density at radius 3 is 2.42 bits per heavy atom. The fraction of sp³-hybridized carbons (Fsp3) is 0.143. The van der Waals surface area contributed by atoms with Crippen molar-refractivity contribution < 1.29 is 9.53 Å². The van der Waals surface area contributed by atoms with Crippen LogP contribution in [-0.2, 0) is 4.79 Å². The highest BCUT2D eigenvalue weighted by molar-refractivity contribution is 5.96. The van der Waals surface area contributed by atoms with Gasteiger partial charge in [-0.1, -0.05) is 36.4 Å². The van der Waals surface area contributed by atoms with Crippen LogP contribution in [0.3, 0.4) is 0 Å². The first-order chi connectivity index (χ1) is 12.6. The SMILES string of the molecule is CN(C)C(C(=O)Nc1ccccc1Oc1ccccc1)c1cccnc1. The number of amides is 1. The van der Waals surface area contributed by atoms with Crippen LogP contribution in [0.5, 0.6) is 11.5 Å². The third kappa shape index (κ3) is 4.26. The summed E-state index contributed by atoms with van der Waals surface area (Å²) >= 11 is 0. The number of aromatic nitrogens is 1. The van der Waals surface area contributed by atoms with E-state index in [2.05, 4.69) is 10.3 Å². The second-order valence-corrected chi connectivity index (χ2v) is 6.05. The Morgan fingerprint density at radius 2 is 1.73 bits per heavy atom. The van der Waals surface area contributed by atoms with E-state index < -0.39 is 6.04 Å². The van der Waals surface area contributed by atoms with Gasteiger partial charge >= 0.3 is 0 Å². The van der Waals surface area contributed by atoms with Crippen LogP contribution in [0, 0.1) is 0 Å². The van der Waals surface area contributed by atoms with Crippen molar-refractivity contribution in [2.45, 2.75) is 6.04 Å². The molecule has 0 fully saturated rings. The van der Waals surface area contributed by atoms with Crippen molar-refractivity contribution in [1.29, 1.82) is 0 Å². The summed E-state index contributed by atoms with van der Waals surface area (Å²) in [6.07, 6.45) is 3.40. The number of ether oxygens (including phenoxy) is 1. The van der Waals surface area contributed by atoms with Crippen LogP contribution in [0.4, 0.5) is 5.69 Å². The maximum absolute atomic E-state index is 12.9. The molecule has 0 aliphatic carbocycles. The van der Waals surface area contributed by atoms with Gasteiger partial charge in [-0.3, -0.25) is 14.7 Å². The summed E-state index contributed by atoms with van der Waals surface area (Å²) in [7, 11) is 3.73. The topological polar surface area (TPSA) is 54.5 Å². The van der Waals surface area contributed by atoms with Gasteiger partial charge in [-0.2, -0.15) is 0 Å². The maximum Gasteiger partial charge on any atom is 0.246 e. The van der Waals surface area contributed by atoms with Gasteiger partial charge in [0.2, 0.25) is 5.91 Å². The minimum absolute atomic E-state index is 0.146. The van der Waals surface area contributed by atoms with E-state index in [1.54, 1.807) is 12.4 Å². The van der Waals surface area contributed by atoms with E-state index in [4.69, 9.17) is 4.74 Å². The van der Waals surface area contributed by atoms with Crippen LogP contribution in [0.2, 0.25) is 0 Å². The molecule has 5 nitrogen and oxygen atoms in total. The van der Waals surface area contributed by atoms with E-state index in [1.807, 2.05) is 85.7 Å². The second kappa shape index (κ2) is 8.27. The van der Waals surface area contributed by atoms with Crippen LogP contribution in [-0.4, -0.2) is 29.9 Å². The number of benzene rings is 2. The average Bonchev–Trinajstić information content (AvgIpc) is 2.65. The zero-order chi connectivity index (χ0) is 18.4. The van der Waals surface area contributed by atoms with E-state index in [9.17, 15) is 4.79 Å². The molecule has 3 rings (SSSR count). The molecule has 0 saturated carbocycles. The molecule has 0 radical (unpaired) electrons. The number of rotatable bonds is 6. The van der Waals surface area contributed by atoms with E-state index >= 15 is 0 Å². The van der Waals surface area contributed by atoms with Gasteiger partial charge in [0, 0.05) is 12.4 Å². The molecule has 0 aliphatic rings. The highest BCUT2D eigenvalue weighted by Gasteiger charge is 2.24. The molecule has 2 aromatic carbocycles. The summed E-state index contributed by atoms with van der Waals surface area (Å²) in [4.78, 5) is 18.9. The van der Waals surface area contributed by atoms with Crippen molar-refractivity contribution in [2.75, 3.05) is 19.4 Å². The van der Waals surface area contributed by atoms with Gasteiger partial charge in [0.1, 0.15) is 11.8 Å². The van der Waals surface area contributed by atoms with Crippen molar-refractivity contribution in [3.8, 4) is 11.5 Å². The molecule has 1 heterocycles. The van der Waals surface area contributed by atoms with Gasteiger partial charge in [0.05, 0.1) is 5.69 Å². The second-order valence-electron chi connectivity index (χ2n) is 6.05. The van der Waals surface area contributed by atoms with Crippen LogP contribution >= 0.6 is 0 Å². The predicted octanol–water partition coefficient (Wildman–Crippen LogP) is 4.12. The van der Waals surface area contributed by atoms with Crippen molar-refractivity contribution in [1.82, 2.24) is 9.88 Å². The average molecular weight is 347 g/mol. The zero-order valence-electron chi connectivity index (χ0n) is 14.8. The minimum atomic E-state index is -0.450. The smallest absolute Gasteiger partial charge is 0.246 e. The number of hydrogen-bond donors (Lipinski definition) is 1. The molecular weight excluding hydrogens is 326 g/mol. The summed E-state index contributed by atoms with van der Waals surface area (Å²) in [6.45, 7) is 0. The Balaban J connectivity index is 1.83. The fourth-order valence-electron chi connectivity index (χ4n) is 2.70. The molecule has 0 saturated heterocycles. The number of carbonyl (C=O) groups excluding carboxylic acids is 1. The molecule has 3 aromatic rings. The molecule has 0 aliphatic heterocycles. The van der Waals surface area contributed by atoms with Gasteiger partial charge in [-0.05, 0) is 50.0 Å². The van der Waals surface area contributed by atoms with E-state index in [0.717, 1.165) is 5.56 Å². The number of hydrogen-bond acceptors (Lipinski definition) is 4. The first kappa shape index (κ1) is 17.6. The molecule has 1 atom stereocenters. The summed E-state index contributed by atoms with van der Waals surface area (Å²) < 4.78 is 5.92. The van der Waals surface area contributed by atoms with E-state index in [-0.39, 0.29) is 5.91 Å². The maximum atomic E-state index is 12.9. The van der Waals surface area contributed by atoms with E-state index in [0.29, 0.717) is 17.2 Å². The standard InChI is InChI=1S/C21H21N3O2/c1-24(2)20(16-9-8-14-22-15-16)21(25)23-18-12-6-7-13-19(18)26-17-10-4-3-5-11-17/h3-15,20H,1-2H3,(H,23,25). The van der Waals surface area contributed by atoms with Crippen molar-refractivity contribution in [3.05, 3.63) is 84.7 Å². The molecule has 1 amide bonds. The molecular formula is C21H21N3O2. The monoisotopic (exact) mass is 347 g/mol. The van der Waals surface area contributed by atoms with Crippen molar-refractivity contribution in [2.24, 2.45) is 0 Å². The number of anilines is 1. The number of carbonyl (C=O) groups is 1. The number of para-hydroxylation sites is 3. The summed E-state index contributed by atoms with van der Waals surface area (Å²) in [5.74, 6) is 1.16. The molecule has 1 unspecified atom stereocenters. The van der Waals surface area contributed by atoms with Gasteiger partial charge in [-0.25, -0.2) is 0 Å². The summed E-state index contributed by atoms with van der Waals surface area (Å²) in [5.41, 5.74) is 1.45. The lowest BCUT2D eigenvalue weighted by Crippen LogP contribution is -2.32. The number of nitrogens with one attached hydrogen (secondary N) is 1. The Bertz CT molecular complexity index is 851. The highest BCUT2D eigenvalue weighted by atomic mass is 16.5. The first-order valence-electron chi connectivity index (χ1n) is 8.34. The lowest BCUT2D eigenvalue weighted by molar-refractivity contribution is -0.120. The van der Waals surface area contributed by atoms with E-state index in [1.165, 1.54) is 0 Å². The third-order valence-corrected chi connectivity index (χ3v) is 3.88. The molecule has 1 aromatic heterocycles. The predicted molar refractivity (Wildman–Crippen MR) is 102 cm³/mol. The van der Waals surface area contributed by atoms with Crippen LogP contribution in [0.1, 0.15) is 11.6 Å². The summed E-state index contributed by atoms with van der Waals surface area (Å²) in [6, 6.07) is 20.1. The zero-order valence-corrected chi connectivity index (χ0v) is 14.8. The first-order valence-corrected chi connectivity index (χ1v) is 8.34. The number of nitrogens with zero attached hydrogens (tertiary/aromatic N) is 2. The third-order valence-electron chi connectivity index (χ3n) is 3.88. The van der Waals surface area contributed by atoms with Crippen molar-refractivity contribution >= 4 is 11.6 Å². The van der Waals surface area contributed by atoms with Crippen LogP contribution < -0.4 is 10.1 Å². The molecule has 1 N–H and O–H groups in total. The molecule has 0 spiro atoms. The molecule has 5 heteroatoms. The Hall–Kier alpha value is -3.18. The molecule has 132 valence electrons. The minimum Gasteiger partial charge on any atom is -0.455 e. The number of pyridine rings is 1. The largest absolute Gasteiger partial charge is 0.455 e. The molecule has 0 bridgehead atoms. The van der Waals surface area contributed by atoms with Gasteiger partial charge < -0.3 is 10.1 Å². The normalized spacial score (nSPS) is 11.8. The quantitative estimate of drug-likeness (QED) is 0.729. The van der Waals surface area contributed by atoms with Crippen molar-refractivity contribution in [3.63, 3.8) is 0 Å². The number of likely N-dealkylation sites (N-methyl/N-ethyl adjacent to an activating group) is 1. The Morgan fingerprint density at radius 1 is 1.00 bits per heavy atom. The fourth-order valence-corrected chi connectivity index (χ4v) is 2.70. The Kier molecular flexibility index (Phi) is 5.61. The van der Waals surface area contributed by atoms with Crippen LogP contribution in [0.15, 0.2) is 79.1 Å². The lowest BCUT2D eigenvalue weighted by atomic mass is 10.1. The summed E-state index contributed by atoms with van der Waals surface area (Å²) in [5, 5.41) is 2.98. The van der Waals surface area contributed by atoms with Gasteiger partial charge in [0.15, 0.2) is 5.75 Å². The lowest BCUT2D eigenvalue weighted by Gasteiger charge is -2.24. The molecule has 26 heavy (non-hydrogen) atoms. The highest BCUT2D eigenvalue weighted by Crippen LogP contribution is 2.30. The van der Waals surface area contributed by atoms with Gasteiger partial charge in [-0.15, -0.1) is 0 Å². The van der Waals surface area contributed by atoms with Gasteiger partial charge in [0.25, 0.3) is 0 Å².